The fourth-order valence-electron chi connectivity index (χ4n) is 0.824. The third-order valence-corrected chi connectivity index (χ3v) is 1.40. The van der Waals surface area contributed by atoms with Crippen molar-refractivity contribution >= 4 is 0 Å². The van der Waals surface area contributed by atoms with Gasteiger partial charge in [0.05, 0.1) is 6.20 Å². The van der Waals surface area contributed by atoms with Crippen LogP contribution in [0.2, 0.25) is 0 Å². The van der Waals surface area contributed by atoms with Crippen LogP contribution in [0.3, 0.4) is 0 Å². The van der Waals surface area contributed by atoms with Crippen LogP contribution in [0.5, 0.6) is 0 Å². The average molecular weight is 156 g/mol. The molecule has 1 rings (SSSR count). The fourth-order valence-corrected chi connectivity index (χ4v) is 0.824. The first kappa shape index (κ1) is 8.16. The van der Waals surface area contributed by atoms with Crippen LogP contribution in [-0.2, 0) is 7.05 Å². The van der Waals surface area contributed by atoms with E-state index >= 15 is 0 Å². The molecule has 0 radical (unpaired) electrons. The standard InChI is InChI=1S/C6H12N4O/c1-10-4-5(8-9-10)6(11)2-3-7/h4,6,11H,2-3,7H2,1H3/t6-/m1/s1. The Hall–Kier alpha value is -0.940. The highest BCUT2D eigenvalue weighted by Gasteiger charge is 2.09. The van der Waals surface area contributed by atoms with Crippen LogP contribution in [0.15, 0.2) is 6.20 Å². The molecule has 0 aliphatic rings. The van der Waals surface area contributed by atoms with Gasteiger partial charge in [-0.3, -0.25) is 4.68 Å². The highest BCUT2D eigenvalue weighted by Crippen LogP contribution is 2.10. The van der Waals surface area contributed by atoms with Gasteiger partial charge in [0.2, 0.25) is 0 Å². The number of nitrogens with two attached hydrogens (primary N) is 1. The van der Waals surface area contributed by atoms with Gasteiger partial charge in [-0.05, 0) is 13.0 Å². The smallest absolute Gasteiger partial charge is 0.111 e. The molecule has 0 aliphatic heterocycles. The predicted molar refractivity (Wildman–Crippen MR) is 39.6 cm³/mol. The van der Waals surface area contributed by atoms with Crippen molar-refractivity contribution in [1.29, 1.82) is 0 Å². The molecule has 0 bridgehead atoms. The van der Waals surface area contributed by atoms with Crippen LogP contribution < -0.4 is 5.73 Å². The second kappa shape index (κ2) is 3.45. The summed E-state index contributed by atoms with van der Waals surface area (Å²) in [7, 11) is 1.76. The van der Waals surface area contributed by atoms with Gasteiger partial charge in [-0.25, -0.2) is 0 Å². The quantitative estimate of drug-likeness (QED) is 0.600. The summed E-state index contributed by atoms with van der Waals surface area (Å²) in [6, 6.07) is 0. The fraction of sp³-hybridized carbons (Fsp3) is 0.667. The summed E-state index contributed by atoms with van der Waals surface area (Å²) >= 11 is 0. The Morgan fingerprint density at radius 3 is 3.00 bits per heavy atom. The average Bonchev–Trinajstić information content (AvgIpc) is 2.36. The van der Waals surface area contributed by atoms with Crippen LogP contribution in [0.1, 0.15) is 18.2 Å². The largest absolute Gasteiger partial charge is 0.387 e. The van der Waals surface area contributed by atoms with Crippen molar-refractivity contribution in [3.05, 3.63) is 11.9 Å². The van der Waals surface area contributed by atoms with Crippen LogP contribution in [0.4, 0.5) is 0 Å². The Labute approximate surface area is 64.8 Å². The van der Waals surface area contributed by atoms with E-state index in [0.29, 0.717) is 18.7 Å². The van der Waals surface area contributed by atoms with E-state index in [1.165, 1.54) is 0 Å². The van der Waals surface area contributed by atoms with E-state index < -0.39 is 6.10 Å². The highest BCUT2D eigenvalue weighted by atomic mass is 16.3. The van der Waals surface area contributed by atoms with Crippen molar-refractivity contribution in [3.8, 4) is 0 Å². The number of aryl methyl sites for hydroxylation is 1. The van der Waals surface area contributed by atoms with Crippen molar-refractivity contribution in [2.45, 2.75) is 12.5 Å². The topological polar surface area (TPSA) is 77.0 Å². The number of aliphatic hydroxyl groups excluding tert-OH is 1. The number of rotatable bonds is 3. The van der Waals surface area contributed by atoms with E-state index in [9.17, 15) is 5.11 Å². The molecule has 1 heterocycles. The monoisotopic (exact) mass is 156 g/mol. The molecule has 0 fully saturated rings. The normalized spacial score (nSPS) is 13.4. The van der Waals surface area contributed by atoms with E-state index in [4.69, 9.17) is 5.73 Å². The van der Waals surface area contributed by atoms with Crippen molar-refractivity contribution in [1.82, 2.24) is 15.0 Å². The molecule has 62 valence electrons. The van der Waals surface area contributed by atoms with Crippen LogP contribution in [0, 0.1) is 0 Å². The summed E-state index contributed by atoms with van der Waals surface area (Å²) in [5.41, 5.74) is 5.84. The summed E-state index contributed by atoms with van der Waals surface area (Å²) in [4.78, 5) is 0. The number of aromatic nitrogens is 3. The molecular weight excluding hydrogens is 144 g/mol. The molecule has 5 nitrogen and oxygen atoms in total. The molecule has 0 saturated carbocycles. The molecule has 0 spiro atoms. The molecule has 3 N–H and O–H groups in total. The maximum Gasteiger partial charge on any atom is 0.111 e. The van der Waals surface area contributed by atoms with Gasteiger partial charge in [-0.15, -0.1) is 5.10 Å². The second-order valence-corrected chi connectivity index (χ2v) is 2.41. The first-order valence-corrected chi connectivity index (χ1v) is 3.48. The zero-order valence-corrected chi connectivity index (χ0v) is 6.44. The Morgan fingerprint density at radius 1 is 1.82 bits per heavy atom. The Balaban J connectivity index is 2.60. The zero-order valence-electron chi connectivity index (χ0n) is 6.44. The summed E-state index contributed by atoms with van der Waals surface area (Å²) in [6.07, 6.45) is 1.63. The van der Waals surface area contributed by atoms with Crippen LogP contribution >= 0.6 is 0 Å². The van der Waals surface area contributed by atoms with Crippen LogP contribution in [0.25, 0.3) is 0 Å². The lowest BCUT2D eigenvalue weighted by molar-refractivity contribution is 0.165. The first-order chi connectivity index (χ1) is 5.24. The predicted octanol–water partition coefficient (Wildman–Crippen LogP) is -0.803. The van der Waals surface area contributed by atoms with E-state index in [0.717, 1.165) is 0 Å². The van der Waals surface area contributed by atoms with Crippen LogP contribution in [-0.4, -0.2) is 26.6 Å². The molecule has 0 saturated heterocycles. The molecule has 1 aromatic rings. The van der Waals surface area contributed by atoms with Gasteiger partial charge < -0.3 is 10.8 Å². The molecule has 0 aromatic carbocycles. The van der Waals surface area contributed by atoms with Crippen molar-refractivity contribution < 1.29 is 5.11 Å². The summed E-state index contributed by atoms with van der Waals surface area (Å²) in [6.45, 7) is 0.456. The maximum atomic E-state index is 9.34. The lowest BCUT2D eigenvalue weighted by Crippen LogP contribution is -2.06. The maximum absolute atomic E-state index is 9.34. The molecule has 0 amide bonds. The SMILES string of the molecule is Cn1cc([C@H](O)CCN)nn1. The molecular formula is C6H12N4O. The van der Waals surface area contributed by atoms with Gasteiger partial charge >= 0.3 is 0 Å². The molecule has 1 aromatic heterocycles. The van der Waals surface area contributed by atoms with E-state index in [2.05, 4.69) is 10.3 Å². The van der Waals surface area contributed by atoms with E-state index in [1.54, 1.807) is 17.9 Å². The van der Waals surface area contributed by atoms with Crippen molar-refractivity contribution in [2.24, 2.45) is 12.8 Å². The Kier molecular flexibility index (Phi) is 2.56. The lowest BCUT2D eigenvalue weighted by Gasteiger charge is -2.02. The minimum absolute atomic E-state index is 0.456. The summed E-state index contributed by atoms with van der Waals surface area (Å²) in [5, 5.41) is 16.8. The van der Waals surface area contributed by atoms with E-state index in [-0.39, 0.29) is 0 Å². The van der Waals surface area contributed by atoms with Crippen molar-refractivity contribution in [3.63, 3.8) is 0 Å². The Bertz CT molecular complexity index is 222. The lowest BCUT2D eigenvalue weighted by atomic mass is 10.2. The number of nitrogens with zero attached hydrogens (tertiary/aromatic N) is 3. The number of hydrogen-bond acceptors (Lipinski definition) is 4. The summed E-state index contributed by atoms with van der Waals surface area (Å²) in [5.74, 6) is 0. The van der Waals surface area contributed by atoms with Gasteiger partial charge in [0.15, 0.2) is 0 Å². The molecule has 1 atom stereocenters. The summed E-state index contributed by atoms with van der Waals surface area (Å²) < 4.78 is 1.55. The van der Waals surface area contributed by atoms with E-state index in [1.807, 2.05) is 0 Å². The molecule has 0 unspecified atom stereocenters. The number of aliphatic hydroxyl groups is 1. The third-order valence-electron chi connectivity index (χ3n) is 1.40. The van der Waals surface area contributed by atoms with Gasteiger partial charge in [0, 0.05) is 7.05 Å². The van der Waals surface area contributed by atoms with Gasteiger partial charge in [-0.1, -0.05) is 5.21 Å². The van der Waals surface area contributed by atoms with Gasteiger partial charge in [0.1, 0.15) is 11.8 Å². The molecule has 11 heavy (non-hydrogen) atoms. The molecule has 5 heteroatoms. The Morgan fingerprint density at radius 2 is 2.55 bits per heavy atom. The zero-order chi connectivity index (χ0) is 8.27. The third kappa shape index (κ3) is 1.99. The van der Waals surface area contributed by atoms with Gasteiger partial charge in [0.25, 0.3) is 0 Å². The van der Waals surface area contributed by atoms with Gasteiger partial charge in [-0.2, -0.15) is 0 Å². The minimum atomic E-state index is -0.575. The second-order valence-electron chi connectivity index (χ2n) is 2.41. The number of hydrogen-bond donors (Lipinski definition) is 2. The first-order valence-electron chi connectivity index (χ1n) is 3.48. The van der Waals surface area contributed by atoms with Crippen molar-refractivity contribution in [2.75, 3.05) is 6.54 Å². The molecule has 0 aliphatic carbocycles. The highest BCUT2D eigenvalue weighted by molar-refractivity contribution is 4.96. The minimum Gasteiger partial charge on any atom is -0.387 e.